The largest absolute Gasteiger partial charge is 0.379 e. The van der Waals surface area contributed by atoms with Gasteiger partial charge in [0, 0.05) is 19.1 Å². The molecule has 2 heteroatoms. The molecule has 1 aliphatic carbocycles. The highest BCUT2D eigenvalue weighted by molar-refractivity contribution is 5.39. The van der Waals surface area contributed by atoms with Gasteiger partial charge in [-0.25, -0.2) is 0 Å². The van der Waals surface area contributed by atoms with Gasteiger partial charge in [-0.1, -0.05) is 30.3 Å². The molecule has 0 amide bonds. The maximum Gasteiger partial charge on any atom is 0.0594 e. The first kappa shape index (κ1) is 12.2. The molecule has 0 bridgehead atoms. The fourth-order valence-electron chi connectivity index (χ4n) is 2.48. The van der Waals surface area contributed by atoms with Crippen molar-refractivity contribution in [3.63, 3.8) is 0 Å². The lowest BCUT2D eigenvalue weighted by Gasteiger charge is -2.38. The minimum Gasteiger partial charge on any atom is -0.379 e. The number of ether oxygens (including phenoxy) is 1. The Labute approximate surface area is 110 Å². The summed E-state index contributed by atoms with van der Waals surface area (Å²) < 4.78 is 5.40. The Hall–Kier alpha value is -0.860. The second-order valence-electron chi connectivity index (χ2n) is 4.68. The van der Waals surface area contributed by atoms with E-state index in [1.54, 1.807) is 0 Å². The molecule has 1 heterocycles. The zero-order chi connectivity index (χ0) is 12.2. The Morgan fingerprint density at radius 2 is 1.83 bits per heavy atom. The van der Waals surface area contributed by atoms with Gasteiger partial charge >= 0.3 is 0 Å². The molecule has 1 aromatic carbocycles. The van der Waals surface area contributed by atoms with Gasteiger partial charge in [0.1, 0.15) is 0 Å². The van der Waals surface area contributed by atoms with Gasteiger partial charge in [0.05, 0.1) is 13.2 Å². The van der Waals surface area contributed by atoms with Crippen molar-refractivity contribution in [3.05, 3.63) is 67.6 Å². The Kier molecular flexibility index (Phi) is 3.96. The van der Waals surface area contributed by atoms with Crippen LogP contribution in [0.2, 0.25) is 0 Å². The lowest BCUT2D eigenvalue weighted by Crippen LogP contribution is -2.41. The predicted molar refractivity (Wildman–Crippen MR) is 72.0 cm³/mol. The molecule has 1 atom stereocenters. The van der Waals surface area contributed by atoms with Gasteiger partial charge in [0.15, 0.2) is 0 Å². The van der Waals surface area contributed by atoms with Crippen LogP contribution in [0.4, 0.5) is 0 Å². The summed E-state index contributed by atoms with van der Waals surface area (Å²) in [5.74, 6) is 0.397. The van der Waals surface area contributed by atoms with Crippen molar-refractivity contribution < 1.29 is 4.74 Å². The van der Waals surface area contributed by atoms with Crippen molar-refractivity contribution in [2.75, 3.05) is 26.3 Å². The zero-order valence-corrected chi connectivity index (χ0v) is 10.5. The summed E-state index contributed by atoms with van der Waals surface area (Å²) in [5, 5.41) is 0. The number of nitrogens with zero attached hydrogens (tertiary/aromatic N) is 1. The van der Waals surface area contributed by atoms with E-state index in [2.05, 4.69) is 60.9 Å². The Morgan fingerprint density at radius 3 is 2.61 bits per heavy atom. The molecule has 1 aliphatic heterocycles. The summed E-state index contributed by atoms with van der Waals surface area (Å²) >= 11 is 0. The normalized spacial score (nSPS) is 27.2. The molecule has 0 aromatic heterocycles. The van der Waals surface area contributed by atoms with Gasteiger partial charge in [-0.05, 0) is 37.2 Å². The summed E-state index contributed by atoms with van der Waals surface area (Å²) in [5.41, 5.74) is 1.35. The third-order valence-corrected chi connectivity index (χ3v) is 3.50. The minimum absolute atomic E-state index is 0.397. The van der Waals surface area contributed by atoms with E-state index in [9.17, 15) is 0 Å². The highest BCUT2D eigenvalue weighted by Gasteiger charge is 2.29. The molecule has 5 radical (unpaired) electrons. The smallest absolute Gasteiger partial charge is 0.0594 e. The molecule has 93 valence electrons. The highest BCUT2D eigenvalue weighted by atomic mass is 16.5. The molecule has 0 spiro atoms. The van der Waals surface area contributed by atoms with Crippen LogP contribution in [-0.2, 0) is 4.74 Å². The second-order valence-corrected chi connectivity index (χ2v) is 4.68. The highest BCUT2D eigenvalue weighted by Crippen LogP contribution is 2.36. The van der Waals surface area contributed by atoms with Gasteiger partial charge in [0.25, 0.3) is 0 Å². The van der Waals surface area contributed by atoms with Crippen molar-refractivity contribution in [2.45, 2.75) is 5.92 Å². The third-order valence-electron chi connectivity index (χ3n) is 3.50. The van der Waals surface area contributed by atoms with E-state index in [0.29, 0.717) is 5.92 Å². The van der Waals surface area contributed by atoms with E-state index in [-0.39, 0.29) is 0 Å². The Bertz CT molecular complexity index is 359. The van der Waals surface area contributed by atoms with E-state index in [0.717, 1.165) is 26.3 Å². The summed E-state index contributed by atoms with van der Waals surface area (Å²) in [7, 11) is 0. The average molecular weight is 240 g/mol. The van der Waals surface area contributed by atoms with Crippen molar-refractivity contribution in [1.29, 1.82) is 0 Å². The lowest BCUT2D eigenvalue weighted by molar-refractivity contribution is 0.0447. The molecule has 1 saturated heterocycles. The average Bonchev–Trinajstić information content (AvgIpc) is 2.49. The van der Waals surface area contributed by atoms with Crippen LogP contribution in [0.5, 0.6) is 0 Å². The predicted octanol–water partition coefficient (Wildman–Crippen LogP) is 2.47. The summed E-state index contributed by atoms with van der Waals surface area (Å²) in [4.78, 5) is 2.41. The fourth-order valence-corrected chi connectivity index (χ4v) is 2.48. The quantitative estimate of drug-likeness (QED) is 0.787. The standard InChI is InChI=1S/C16H18NO/c1-2-5-14(6-3-1)15-7-4-8-16(13-15)17-9-11-18-12-10-17/h1-8,13,15H,9-12H2. The topological polar surface area (TPSA) is 12.5 Å². The van der Waals surface area contributed by atoms with E-state index < -0.39 is 0 Å². The number of rotatable bonds is 2. The third kappa shape index (κ3) is 2.76. The first-order valence-corrected chi connectivity index (χ1v) is 6.54. The molecule has 2 fully saturated rings. The van der Waals surface area contributed by atoms with Crippen LogP contribution in [0.3, 0.4) is 0 Å². The van der Waals surface area contributed by atoms with Crippen molar-refractivity contribution >= 4 is 0 Å². The number of hydrogen-bond donors (Lipinski definition) is 0. The molecule has 0 N–H and O–H groups in total. The summed E-state index contributed by atoms with van der Waals surface area (Å²) in [6.07, 6.45) is 8.97. The number of benzene rings is 1. The first-order chi connectivity index (χ1) is 8.93. The molecular formula is C16H18NO. The summed E-state index contributed by atoms with van der Waals surface area (Å²) in [6, 6.07) is 12.0. The maximum absolute atomic E-state index is 5.40. The minimum atomic E-state index is 0.397. The van der Waals surface area contributed by atoms with Gasteiger partial charge in [0.2, 0.25) is 0 Å². The van der Waals surface area contributed by atoms with Crippen LogP contribution in [0.1, 0.15) is 11.5 Å². The molecule has 1 unspecified atom stereocenters. The molecule has 3 rings (SSSR count). The fraction of sp³-hybridized carbons (Fsp3) is 0.312. The van der Waals surface area contributed by atoms with E-state index >= 15 is 0 Å². The van der Waals surface area contributed by atoms with Crippen molar-refractivity contribution in [3.8, 4) is 0 Å². The monoisotopic (exact) mass is 240 g/mol. The SMILES string of the molecule is [CH]1[CH][C](N2CCOCC2)[CH]C(c2ccccc2)[CH]1. The van der Waals surface area contributed by atoms with Gasteiger partial charge in [-0.2, -0.15) is 0 Å². The zero-order valence-electron chi connectivity index (χ0n) is 10.5. The van der Waals surface area contributed by atoms with Crippen LogP contribution in [0.15, 0.2) is 30.3 Å². The van der Waals surface area contributed by atoms with E-state index in [1.807, 2.05) is 0 Å². The van der Waals surface area contributed by atoms with Crippen molar-refractivity contribution in [1.82, 2.24) is 4.90 Å². The van der Waals surface area contributed by atoms with Crippen LogP contribution < -0.4 is 0 Å². The molecule has 2 aliphatic rings. The second kappa shape index (κ2) is 5.85. The molecule has 1 saturated carbocycles. The van der Waals surface area contributed by atoms with E-state index in [1.165, 1.54) is 11.6 Å². The summed E-state index contributed by atoms with van der Waals surface area (Å²) in [6.45, 7) is 3.67. The van der Waals surface area contributed by atoms with Crippen LogP contribution in [0.25, 0.3) is 0 Å². The van der Waals surface area contributed by atoms with E-state index in [4.69, 9.17) is 4.74 Å². The Morgan fingerprint density at radius 1 is 1.06 bits per heavy atom. The number of morpholine rings is 1. The Balaban J connectivity index is 1.64. The maximum atomic E-state index is 5.40. The molecular weight excluding hydrogens is 222 g/mol. The molecule has 18 heavy (non-hydrogen) atoms. The number of hydrogen-bond acceptors (Lipinski definition) is 2. The van der Waals surface area contributed by atoms with Gasteiger partial charge in [-0.3, -0.25) is 4.90 Å². The molecule has 1 aromatic rings. The lowest BCUT2D eigenvalue weighted by atomic mass is 9.81. The van der Waals surface area contributed by atoms with Crippen LogP contribution in [0, 0.1) is 31.7 Å². The van der Waals surface area contributed by atoms with Crippen LogP contribution in [-0.4, -0.2) is 31.2 Å². The molecule has 2 nitrogen and oxygen atoms in total. The first-order valence-electron chi connectivity index (χ1n) is 6.54. The van der Waals surface area contributed by atoms with Gasteiger partial charge in [-0.15, -0.1) is 0 Å². The van der Waals surface area contributed by atoms with Crippen molar-refractivity contribution in [2.24, 2.45) is 0 Å². The van der Waals surface area contributed by atoms with Gasteiger partial charge < -0.3 is 4.74 Å². The van der Waals surface area contributed by atoms with Crippen LogP contribution >= 0.6 is 0 Å².